The number of aromatic nitrogens is 2. The lowest BCUT2D eigenvalue weighted by atomic mass is 10.3. The maximum absolute atomic E-state index is 13.1. The van der Waals surface area contributed by atoms with Crippen LogP contribution in [0, 0.1) is 0 Å². The van der Waals surface area contributed by atoms with Gasteiger partial charge in [-0.25, -0.2) is 13.4 Å². The summed E-state index contributed by atoms with van der Waals surface area (Å²) in [4.78, 5) is 13.6. The Bertz CT molecular complexity index is 986. The van der Waals surface area contributed by atoms with Crippen LogP contribution in [0.15, 0.2) is 35.4 Å². The van der Waals surface area contributed by atoms with E-state index in [1.165, 1.54) is 37.4 Å². The smallest absolute Gasteiger partial charge is 0.243 e. The molecule has 0 atom stereocenters. The quantitative estimate of drug-likeness (QED) is 0.679. The van der Waals surface area contributed by atoms with Crippen LogP contribution in [-0.2, 0) is 10.0 Å². The maximum atomic E-state index is 13.1. The second-order valence-corrected chi connectivity index (χ2v) is 9.25. The molecule has 2 fully saturated rings. The molecule has 2 aliphatic heterocycles. The number of methoxy groups -OCH3 is 2. The highest BCUT2D eigenvalue weighted by molar-refractivity contribution is 7.89. The Labute approximate surface area is 177 Å². The number of benzene rings is 1. The van der Waals surface area contributed by atoms with E-state index < -0.39 is 10.0 Å². The topological polar surface area (TPSA) is 88.1 Å². The third-order valence-corrected chi connectivity index (χ3v) is 7.47. The van der Waals surface area contributed by atoms with Crippen LogP contribution >= 0.6 is 0 Å². The Hall–Kier alpha value is -2.59. The first-order valence-electron chi connectivity index (χ1n) is 10.1. The van der Waals surface area contributed by atoms with Crippen molar-refractivity contribution in [1.29, 1.82) is 0 Å². The molecule has 2 saturated heterocycles. The molecule has 0 aliphatic carbocycles. The Morgan fingerprint density at radius 3 is 2.23 bits per heavy atom. The predicted octanol–water partition coefficient (Wildman–Crippen LogP) is 1.60. The molecular formula is C20H27N5O4S. The van der Waals surface area contributed by atoms with Crippen molar-refractivity contribution in [3.05, 3.63) is 30.5 Å². The van der Waals surface area contributed by atoms with E-state index in [9.17, 15) is 8.42 Å². The lowest BCUT2D eigenvalue weighted by Gasteiger charge is -2.35. The van der Waals surface area contributed by atoms with E-state index in [0.29, 0.717) is 37.7 Å². The van der Waals surface area contributed by atoms with Crippen LogP contribution in [0.4, 0.5) is 11.8 Å². The van der Waals surface area contributed by atoms with Crippen LogP contribution in [0.5, 0.6) is 11.5 Å². The molecule has 0 amide bonds. The van der Waals surface area contributed by atoms with Gasteiger partial charge in [0.25, 0.3) is 0 Å². The Morgan fingerprint density at radius 2 is 1.57 bits per heavy atom. The van der Waals surface area contributed by atoms with Crippen molar-refractivity contribution in [2.75, 3.05) is 63.3 Å². The number of piperazine rings is 1. The van der Waals surface area contributed by atoms with E-state index in [2.05, 4.69) is 14.8 Å². The van der Waals surface area contributed by atoms with Crippen LogP contribution in [0.1, 0.15) is 12.8 Å². The van der Waals surface area contributed by atoms with Gasteiger partial charge in [-0.2, -0.15) is 9.29 Å². The normalized spacial score (nSPS) is 17.9. The summed E-state index contributed by atoms with van der Waals surface area (Å²) >= 11 is 0. The first-order chi connectivity index (χ1) is 14.5. The van der Waals surface area contributed by atoms with Crippen molar-refractivity contribution >= 4 is 21.8 Å². The van der Waals surface area contributed by atoms with Crippen molar-refractivity contribution in [3.8, 4) is 11.5 Å². The zero-order valence-electron chi connectivity index (χ0n) is 17.3. The van der Waals surface area contributed by atoms with Gasteiger partial charge in [-0.05, 0) is 31.0 Å². The second-order valence-electron chi connectivity index (χ2n) is 7.32. The molecule has 0 bridgehead atoms. The lowest BCUT2D eigenvalue weighted by Crippen LogP contribution is -2.49. The van der Waals surface area contributed by atoms with Crippen LogP contribution in [-0.4, -0.2) is 76.2 Å². The van der Waals surface area contributed by atoms with Crippen molar-refractivity contribution in [1.82, 2.24) is 14.3 Å². The van der Waals surface area contributed by atoms with Gasteiger partial charge in [-0.15, -0.1) is 0 Å². The van der Waals surface area contributed by atoms with Crippen LogP contribution in [0.2, 0.25) is 0 Å². The summed E-state index contributed by atoms with van der Waals surface area (Å²) in [6.07, 6.45) is 4.11. The Balaban J connectivity index is 1.46. The summed E-state index contributed by atoms with van der Waals surface area (Å²) in [5, 5.41) is 0. The molecule has 2 aromatic rings. The van der Waals surface area contributed by atoms with E-state index in [1.807, 2.05) is 6.07 Å². The van der Waals surface area contributed by atoms with Gasteiger partial charge in [0, 0.05) is 51.5 Å². The summed E-state index contributed by atoms with van der Waals surface area (Å²) in [5.41, 5.74) is 0. The zero-order chi connectivity index (χ0) is 21.1. The number of nitrogens with zero attached hydrogens (tertiary/aromatic N) is 5. The van der Waals surface area contributed by atoms with Gasteiger partial charge in [-0.3, -0.25) is 0 Å². The van der Waals surface area contributed by atoms with E-state index in [-0.39, 0.29) is 4.90 Å². The van der Waals surface area contributed by atoms with Gasteiger partial charge in [0.1, 0.15) is 5.82 Å². The molecule has 0 N–H and O–H groups in total. The van der Waals surface area contributed by atoms with E-state index in [0.717, 1.165) is 24.9 Å². The fourth-order valence-electron chi connectivity index (χ4n) is 3.87. The molecule has 0 unspecified atom stereocenters. The first kappa shape index (κ1) is 20.7. The molecule has 10 heteroatoms. The molecule has 30 heavy (non-hydrogen) atoms. The second kappa shape index (κ2) is 8.65. The van der Waals surface area contributed by atoms with E-state index >= 15 is 0 Å². The van der Waals surface area contributed by atoms with E-state index in [1.54, 1.807) is 18.3 Å². The largest absolute Gasteiger partial charge is 0.493 e. The van der Waals surface area contributed by atoms with Crippen molar-refractivity contribution in [2.24, 2.45) is 0 Å². The maximum Gasteiger partial charge on any atom is 0.243 e. The third-order valence-electron chi connectivity index (χ3n) is 5.57. The van der Waals surface area contributed by atoms with Gasteiger partial charge >= 0.3 is 0 Å². The Morgan fingerprint density at radius 1 is 0.867 bits per heavy atom. The van der Waals surface area contributed by atoms with Gasteiger partial charge in [0.05, 0.1) is 19.1 Å². The molecule has 0 spiro atoms. The molecule has 0 radical (unpaired) electrons. The number of sulfonamides is 1. The molecule has 1 aromatic carbocycles. The van der Waals surface area contributed by atoms with Crippen molar-refractivity contribution in [2.45, 2.75) is 17.7 Å². The van der Waals surface area contributed by atoms with E-state index in [4.69, 9.17) is 14.5 Å². The fourth-order valence-corrected chi connectivity index (χ4v) is 5.31. The van der Waals surface area contributed by atoms with Gasteiger partial charge < -0.3 is 19.3 Å². The molecule has 9 nitrogen and oxygen atoms in total. The number of hydrogen-bond donors (Lipinski definition) is 0. The summed E-state index contributed by atoms with van der Waals surface area (Å²) < 4.78 is 38.2. The van der Waals surface area contributed by atoms with Crippen LogP contribution in [0.25, 0.3) is 0 Å². The number of ether oxygens (including phenoxy) is 2. The fraction of sp³-hybridized carbons (Fsp3) is 0.500. The van der Waals surface area contributed by atoms with Gasteiger partial charge in [0.15, 0.2) is 11.5 Å². The molecule has 4 rings (SSSR count). The SMILES string of the molecule is COc1ccc(S(=O)(=O)N2CCN(c3ccnc(N4CCCC4)n3)CC2)cc1OC. The molecule has 3 heterocycles. The molecule has 1 aromatic heterocycles. The standard InChI is InChI=1S/C20H27N5O4S/c1-28-17-6-5-16(15-18(17)29-2)30(26,27)25-13-11-23(12-14-25)19-7-8-21-20(22-19)24-9-3-4-10-24/h5-8,15H,3-4,9-14H2,1-2H3. The predicted molar refractivity (Wildman–Crippen MR) is 114 cm³/mol. The highest BCUT2D eigenvalue weighted by atomic mass is 32.2. The zero-order valence-corrected chi connectivity index (χ0v) is 18.1. The average molecular weight is 434 g/mol. The molecule has 162 valence electrons. The summed E-state index contributed by atoms with van der Waals surface area (Å²) in [6, 6.07) is 6.56. The molecular weight excluding hydrogens is 406 g/mol. The van der Waals surface area contributed by atoms with Gasteiger partial charge in [-0.1, -0.05) is 0 Å². The molecule has 2 aliphatic rings. The minimum Gasteiger partial charge on any atom is -0.493 e. The monoisotopic (exact) mass is 433 g/mol. The highest BCUT2D eigenvalue weighted by Gasteiger charge is 2.30. The summed E-state index contributed by atoms with van der Waals surface area (Å²) in [6.45, 7) is 3.90. The van der Waals surface area contributed by atoms with Crippen molar-refractivity contribution < 1.29 is 17.9 Å². The number of rotatable bonds is 6. The summed E-state index contributed by atoms with van der Waals surface area (Å²) in [5.74, 6) is 2.49. The van der Waals surface area contributed by atoms with Crippen LogP contribution < -0.4 is 19.3 Å². The average Bonchev–Trinajstić information content (AvgIpc) is 3.34. The minimum atomic E-state index is -3.62. The van der Waals surface area contributed by atoms with Crippen LogP contribution in [0.3, 0.4) is 0 Å². The van der Waals surface area contributed by atoms with Gasteiger partial charge in [0.2, 0.25) is 16.0 Å². The first-order valence-corrected chi connectivity index (χ1v) is 11.5. The third kappa shape index (κ3) is 4.01. The Kier molecular flexibility index (Phi) is 5.96. The number of hydrogen-bond acceptors (Lipinski definition) is 8. The highest BCUT2D eigenvalue weighted by Crippen LogP contribution is 2.31. The van der Waals surface area contributed by atoms with Crippen molar-refractivity contribution in [3.63, 3.8) is 0 Å². The summed E-state index contributed by atoms with van der Waals surface area (Å²) in [7, 11) is -0.604. The lowest BCUT2D eigenvalue weighted by molar-refractivity contribution is 0.353. The minimum absolute atomic E-state index is 0.201. The number of anilines is 2. The molecule has 0 saturated carbocycles.